The number of phenols is 3. The Labute approximate surface area is 249 Å². The summed E-state index contributed by atoms with van der Waals surface area (Å²) in [7, 11) is 0. The maximum atomic E-state index is 11.4. The van der Waals surface area contributed by atoms with Gasteiger partial charge in [-0.25, -0.2) is 0 Å². The van der Waals surface area contributed by atoms with E-state index in [2.05, 4.69) is 63.2 Å². The highest BCUT2D eigenvalue weighted by Gasteiger charge is 2.50. The van der Waals surface area contributed by atoms with Crippen LogP contribution in [-0.2, 0) is 25.7 Å². The number of rotatable bonds is 7. The highest BCUT2D eigenvalue weighted by atomic mass is 16.5. The minimum absolute atomic E-state index is 0.0413. The number of aryl methyl sites for hydroxylation is 4. The Kier molecular flexibility index (Phi) is 7.49. The second-order valence-electron chi connectivity index (χ2n) is 12.8. The third kappa shape index (κ3) is 5.51. The first-order chi connectivity index (χ1) is 20.2. The van der Waals surface area contributed by atoms with Gasteiger partial charge in [0.15, 0.2) is 0 Å². The predicted octanol–water partition coefficient (Wildman–Crippen LogP) is 8.58. The zero-order chi connectivity index (χ0) is 29.4. The van der Waals surface area contributed by atoms with E-state index in [-0.39, 0.29) is 34.5 Å². The first-order valence-corrected chi connectivity index (χ1v) is 15.0. The molecular weight excluding hydrogens is 520 g/mol. The van der Waals surface area contributed by atoms with Crippen LogP contribution >= 0.6 is 0 Å². The van der Waals surface area contributed by atoms with Crippen molar-refractivity contribution in [2.75, 3.05) is 0 Å². The van der Waals surface area contributed by atoms with Gasteiger partial charge in [0, 0.05) is 35.1 Å². The number of benzene rings is 4. The van der Waals surface area contributed by atoms with Crippen molar-refractivity contribution in [3.05, 3.63) is 130 Å². The molecular formula is C38H40O4. The van der Waals surface area contributed by atoms with Crippen LogP contribution in [0.5, 0.6) is 23.0 Å². The van der Waals surface area contributed by atoms with Crippen molar-refractivity contribution in [3.8, 4) is 23.0 Å². The molecule has 0 amide bonds. The van der Waals surface area contributed by atoms with E-state index < -0.39 is 6.10 Å². The van der Waals surface area contributed by atoms with Gasteiger partial charge in [-0.15, -0.1) is 0 Å². The van der Waals surface area contributed by atoms with Gasteiger partial charge in [0.05, 0.1) is 0 Å². The summed E-state index contributed by atoms with van der Waals surface area (Å²) < 4.78 is 6.91. The minimum Gasteiger partial charge on any atom is -0.508 e. The van der Waals surface area contributed by atoms with Crippen molar-refractivity contribution >= 4 is 0 Å². The van der Waals surface area contributed by atoms with Crippen LogP contribution in [0.2, 0.25) is 0 Å². The molecule has 1 heterocycles. The molecule has 3 unspecified atom stereocenters. The first-order valence-electron chi connectivity index (χ1n) is 15.0. The highest BCUT2D eigenvalue weighted by molar-refractivity contribution is 5.56. The zero-order valence-electron chi connectivity index (χ0n) is 24.7. The smallest absolute Gasteiger partial charge is 0.132 e. The fourth-order valence-corrected chi connectivity index (χ4v) is 7.52. The normalized spacial score (nSPS) is 20.6. The van der Waals surface area contributed by atoms with E-state index in [0.717, 1.165) is 47.9 Å². The molecule has 4 nitrogen and oxygen atoms in total. The van der Waals surface area contributed by atoms with Gasteiger partial charge in [0.2, 0.25) is 0 Å². The molecule has 216 valence electrons. The van der Waals surface area contributed by atoms with Crippen LogP contribution in [0.1, 0.15) is 72.6 Å². The van der Waals surface area contributed by atoms with E-state index in [0.29, 0.717) is 12.2 Å². The fourth-order valence-electron chi connectivity index (χ4n) is 7.52. The SMILES string of the molecule is CC1=CC2c3c(CCc4ccccc4)cc(O)cc3OC(c3c(O)cc(O)cc3CCc3ccccc3)C2C(C)(C)C1. The number of allylic oxidation sites excluding steroid dienone is 2. The lowest BCUT2D eigenvalue weighted by Gasteiger charge is -2.50. The molecule has 6 rings (SSSR count). The molecule has 0 spiro atoms. The van der Waals surface area contributed by atoms with Gasteiger partial charge in [-0.2, -0.15) is 0 Å². The molecule has 0 saturated carbocycles. The Bertz CT molecular complexity index is 1600. The highest BCUT2D eigenvalue weighted by Crippen LogP contribution is 2.60. The van der Waals surface area contributed by atoms with Gasteiger partial charge in [-0.1, -0.05) is 86.2 Å². The average molecular weight is 561 g/mol. The summed E-state index contributed by atoms with van der Waals surface area (Å²) in [6.07, 6.45) is 5.96. The van der Waals surface area contributed by atoms with Crippen LogP contribution in [-0.4, -0.2) is 15.3 Å². The predicted molar refractivity (Wildman–Crippen MR) is 167 cm³/mol. The third-order valence-corrected chi connectivity index (χ3v) is 9.18. The second kappa shape index (κ2) is 11.2. The van der Waals surface area contributed by atoms with E-state index in [9.17, 15) is 15.3 Å². The van der Waals surface area contributed by atoms with Crippen LogP contribution < -0.4 is 4.74 Å². The minimum atomic E-state index is -0.447. The van der Waals surface area contributed by atoms with Crippen LogP contribution in [0.4, 0.5) is 0 Å². The van der Waals surface area contributed by atoms with E-state index >= 15 is 0 Å². The molecule has 42 heavy (non-hydrogen) atoms. The molecule has 0 fully saturated rings. The number of aromatic hydroxyl groups is 3. The Hall–Kier alpha value is -4.18. The molecule has 4 aromatic carbocycles. The molecule has 4 heteroatoms. The maximum absolute atomic E-state index is 11.4. The van der Waals surface area contributed by atoms with Crippen molar-refractivity contribution in [2.45, 2.75) is 64.9 Å². The summed E-state index contributed by atoms with van der Waals surface area (Å²) >= 11 is 0. The molecule has 3 atom stereocenters. The summed E-state index contributed by atoms with van der Waals surface area (Å²) in [5, 5.41) is 32.8. The molecule has 0 saturated heterocycles. The molecule has 3 N–H and O–H groups in total. The van der Waals surface area contributed by atoms with Gasteiger partial charge < -0.3 is 20.1 Å². The van der Waals surface area contributed by atoms with Gasteiger partial charge in [0.25, 0.3) is 0 Å². The van der Waals surface area contributed by atoms with Gasteiger partial charge in [-0.05, 0) is 78.8 Å². The van der Waals surface area contributed by atoms with Crippen LogP contribution in [0.3, 0.4) is 0 Å². The first kappa shape index (κ1) is 28.0. The number of fused-ring (bicyclic) bond motifs is 3. The number of phenolic OH excluding ortho intramolecular Hbond substituents is 3. The largest absolute Gasteiger partial charge is 0.508 e. The molecule has 0 aromatic heterocycles. The Balaban J connectivity index is 1.46. The van der Waals surface area contributed by atoms with Gasteiger partial charge in [-0.3, -0.25) is 0 Å². The van der Waals surface area contributed by atoms with Crippen molar-refractivity contribution < 1.29 is 20.1 Å². The van der Waals surface area contributed by atoms with Crippen molar-refractivity contribution in [1.29, 1.82) is 0 Å². The van der Waals surface area contributed by atoms with Crippen molar-refractivity contribution in [2.24, 2.45) is 11.3 Å². The van der Waals surface area contributed by atoms with Crippen LogP contribution in [0.25, 0.3) is 0 Å². The number of ether oxygens (including phenoxy) is 1. The van der Waals surface area contributed by atoms with E-state index in [1.807, 2.05) is 30.3 Å². The summed E-state index contributed by atoms with van der Waals surface area (Å²) in [6.45, 7) is 6.80. The lowest BCUT2D eigenvalue weighted by molar-refractivity contribution is 0.0150. The van der Waals surface area contributed by atoms with Gasteiger partial charge in [0.1, 0.15) is 29.1 Å². The van der Waals surface area contributed by atoms with Crippen LogP contribution in [0.15, 0.2) is 96.6 Å². The second-order valence-corrected chi connectivity index (χ2v) is 12.8. The standard InChI is InChI=1S/C38H40O4/c1-24-18-31-34-27(16-14-25-10-6-4-7-11-25)19-30(40)22-33(34)42-37(36(31)38(2,3)23-24)35-28(20-29(39)21-32(35)41)17-15-26-12-8-5-9-13-26/h4-13,18-22,31,36-37,39-41H,14-17,23H2,1-3H3. The van der Waals surface area contributed by atoms with E-state index in [4.69, 9.17) is 4.74 Å². The molecule has 0 bridgehead atoms. The molecule has 1 aliphatic carbocycles. The zero-order valence-corrected chi connectivity index (χ0v) is 24.7. The lowest BCUT2D eigenvalue weighted by atomic mass is 9.58. The van der Waals surface area contributed by atoms with Crippen LogP contribution in [0, 0.1) is 11.3 Å². The summed E-state index contributed by atoms with van der Waals surface area (Å²) in [4.78, 5) is 0. The van der Waals surface area contributed by atoms with E-state index in [1.54, 1.807) is 12.1 Å². The Morgan fingerprint density at radius 3 is 1.86 bits per heavy atom. The summed E-state index contributed by atoms with van der Waals surface area (Å²) in [5.74, 6) is 1.06. The average Bonchev–Trinajstić information content (AvgIpc) is 2.94. The molecule has 1 aliphatic heterocycles. The lowest BCUT2D eigenvalue weighted by Crippen LogP contribution is -2.42. The number of hydrogen-bond donors (Lipinski definition) is 3. The van der Waals surface area contributed by atoms with Crippen molar-refractivity contribution in [3.63, 3.8) is 0 Å². The molecule has 4 aromatic rings. The Morgan fingerprint density at radius 1 is 0.714 bits per heavy atom. The Morgan fingerprint density at radius 2 is 1.26 bits per heavy atom. The topological polar surface area (TPSA) is 69.9 Å². The fraction of sp³-hybridized carbons (Fsp3) is 0.316. The quantitative estimate of drug-likeness (QED) is 0.198. The van der Waals surface area contributed by atoms with Crippen molar-refractivity contribution in [1.82, 2.24) is 0 Å². The molecule has 2 aliphatic rings. The number of hydrogen-bond acceptors (Lipinski definition) is 4. The molecule has 0 radical (unpaired) electrons. The van der Waals surface area contributed by atoms with Gasteiger partial charge >= 0.3 is 0 Å². The monoisotopic (exact) mass is 560 g/mol. The maximum Gasteiger partial charge on any atom is 0.132 e. The summed E-state index contributed by atoms with van der Waals surface area (Å²) in [6, 6.07) is 27.5. The summed E-state index contributed by atoms with van der Waals surface area (Å²) in [5.41, 5.74) is 7.53. The van der Waals surface area contributed by atoms with E-state index in [1.165, 1.54) is 22.8 Å². The third-order valence-electron chi connectivity index (χ3n) is 9.18.